The summed E-state index contributed by atoms with van der Waals surface area (Å²) in [6, 6.07) is 4.14. The Bertz CT molecular complexity index is 504. The van der Waals surface area contributed by atoms with E-state index in [9.17, 15) is 0 Å². The van der Waals surface area contributed by atoms with Crippen molar-refractivity contribution in [3.8, 4) is 0 Å². The van der Waals surface area contributed by atoms with E-state index in [1.165, 1.54) is 5.56 Å². The Kier molecular flexibility index (Phi) is 3.47. The number of pyridine rings is 1. The first-order valence-corrected chi connectivity index (χ1v) is 6.24. The SMILES string of the molecule is Cc1nn(C)cc1C(C)Nc1ccc(Br)nc1. The van der Waals surface area contributed by atoms with Gasteiger partial charge in [0, 0.05) is 18.8 Å². The molecule has 0 aliphatic carbocycles. The van der Waals surface area contributed by atoms with Crippen LogP contribution in [0.2, 0.25) is 0 Å². The lowest BCUT2D eigenvalue weighted by atomic mass is 10.1. The van der Waals surface area contributed by atoms with Crippen molar-refractivity contribution in [3.63, 3.8) is 0 Å². The van der Waals surface area contributed by atoms with E-state index in [4.69, 9.17) is 0 Å². The van der Waals surface area contributed by atoms with E-state index >= 15 is 0 Å². The van der Waals surface area contributed by atoms with Crippen molar-refractivity contribution in [2.45, 2.75) is 19.9 Å². The zero-order valence-corrected chi connectivity index (χ0v) is 11.7. The van der Waals surface area contributed by atoms with Gasteiger partial charge in [-0.1, -0.05) is 0 Å². The Morgan fingerprint density at radius 3 is 2.71 bits per heavy atom. The van der Waals surface area contributed by atoms with Crippen LogP contribution < -0.4 is 5.32 Å². The van der Waals surface area contributed by atoms with Crippen molar-refractivity contribution in [3.05, 3.63) is 40.4 Å². The summed E-state index contributed by atoms with van der Waals surface area (Å²) in [6.07, 6.45) is 3.85. The molecule has 0 saturated carbocycles. The fourth-order valence-corrected chi connectivity index (χ4v) is 2.07. The minimum Gasteiger partial charge on any atom is -0.377 e. The Balaban J connectivity index is 2.14. The number of aromatic nitrogens is 3. The Morgan fingerprint density at radius 1 is 1.41 bits per heavy atom. The molecule has 5 heteroatoms. The molecule has 90 valence electrons. The number of anilines is 1. The fraction of sp³-hybridized carbons (Fsp3) is 0.333. The highest BCUT2D eigenvalue weighted by Crippen LogP contribution is 2.21. The maximum atomic E-state index is 4.34. The van der Waals surface area contributed by atoms with Gasteiger partial charge in [-0.15, -0.1) is 0 Å². The molecular formula is C12H15BrN4. The average molecular weight is 295 g/mol. The monoisotopic (exact) mass is 294 g/mol. The molecule has 0 aliphatic rings. The zero-order chi connectivity index (χ0) is 12.4. The highest BCUT2D eigenvalue weighted by Gasteiger charge is 2.11. The third-order valence-electron chi connectivity index (χ3n) is 2.63. The number of rotatable bonds is 3. The van der Waals surface area contributed by atoms with Crippen LogP contribution in [-0.2, 0) is 7.05 Å². The molecule has 2 aromatic heterocycles. The van der Waals surface area contributed by atoms with Crippen LogP contribution in [0.3, 0.4) is 0 Å². The average Bonchev–Trinajstić information content (AvgIpc) is 2.61. The van der Waals surface area contributed by atoms with Crippen LogP contribution in [0.25, 0.3) is 0 Å². The molecule has 0 aromatic carbocycles. The van der Waals surface area contributed by atoms with Crippen LogP contribution >= 0.6 is 15.9 Å². The molecule has 2 heterocycles. The zero-order valence-electron chi connectivity index (χ0n) is 10.1. The maximum Gasteiger partial charge on any atom is 0.106 e. The summed E-state index contributed by atoms with van der Waals surface area (Å²) in [5.74, 6) is 0. The quantitative estimate of drug-likeness (QED) is 0.885. The molecule has 0 radical (unpaired) electrons. The molecule has 2 aromatic rings. The lowest BCUT2D eigenvalue weighted by Gasteiger charge is -2.14. The molecule has 1 atom stereocenters. The molecule has 0 aliphatic heterocycles. The predicted molar refractivity (Wildman–Crippen MR) is 71.9 cm³/mol. The van der Waals surface area contributed by atoms with Gasteiger partial charge >= 0.3 is 0 Å². The van der Waals surface area contributed by atoms with Gasteiger partial charge in [-0.3, -0.25) is 4.68 Å². The first kappa shape index (κ1) is 12.1. The van der Waals surface area contributed by atoms with Gasteiger partial charge in [-0.05, 0) is 41.9 Å². The van der Waals surface area contributed by atoms with E-state index in [2.05, 4.69) is 38.3 Å². The molecule has 0 spiro atoms. The van der Waals surface area contributed by atoms with Crippen molar-refractivity contribution >= 4 is 21.6 Å². The molecule has 0 amide bonds. The lowest BCUT2D eigenvalue weighted by molar-refractivity contribution is 0.756. The second-order valence-corrected chi connectivity index (χ2v) is 4.89. The lowest BCUT2D eigenvalue weighted by Crippen LogP contribution is -2.07. The van der Waals surface area contributed by atoms with Crippen molar-refractivity contribution in [2.75, 3.05) is 5.32 Å². The van der Waals surface area contributed by atoms with Gasteiger partial charge < -0.3 is 5.32 Å². The summed E-state index contributed by atoms with van der Waals surface area (Å²) in [7, 11) is 1.93. The number of nitrogens with one attached hydrogen (secondary N) is 1. The molecule has 2 rings (SSSR count). The van der Waals surface area contributed by atoms with Crippen molar-refractivity contribution in [2.24, 2.45) is 7.05 Å². The minimum absolute atomic E-state index is 0.215. The van der Waals surface area contributed by atoms with Gasteiger partial charge in [0.1, 0.15) is 4.60 Å². The van der Waals surface area contributed by atoms with Crippen molar-refractivity contribution in [1.29, 1.82) is 0 Å². The highest BCUT2D eigenvalue weighted by molar-refractivity contribution is 9.10. The van der Waals surface area contributed by atoms with Gasteiger partial charge in [0.05, 0.1) is 23.6 Å². The first-order valence-electron chi connectivity index (χ1n) is 5.44. The number of nitrogens with zero attached hydrogens (tertiary/aromatic N) is 3. The number of aryl methyl sites for hydroxylation is 2. The topological polar surface area (TPSA) is 42.7 Å². The normalized spacial score (nSPS) is 12.5. The van der Waals surface area contributed by atoms with Gasteiger partial charge in [0.15, 0.2) is 0 Å². The van der Waals surface area contributed by atoms with Crippen LogP contribution in [0.4, 0.5) is 5.69 Å². The highest BCUT2D eigenvalue weighted by atomic mass is 79.9. The number of hydrogen-bond donors (Lipinski definition) is 1. The minimum atomic E-state index is 0.215. The summed E-state index contributed by atoms with van der Waals surface area (Å²) in [4.78, 5) is 4.19. The summed E-state index contributed by atoms with van der Waals surface area (Å²) in [5, 5.41) is 7.74. The second kappa shape index (κ2) is 4.87. The summed E-state index contributed by atoms with van der Waals surface area (Å²) < 4.78 is 2.68. The molecule has 0 fully saturated rings. The Morgan fingerprint density at radius 2 is 2.18 bits per heavy atom. The van der Waals surface area contributed by atoms with Crippen molar-refractivity contribution in [1.82, 2.24) is 14.8 Å². The van der Waals surface area contributed by atoms with E-state index < -0.39 is 0 Å². The standard InChI is InChI=1S/C12H15BrN4/c1-8(11-7-17(3)16-9(11)2)15-10-4-5-12(13)14-6-10/h4-8,15H,1-3H3. The third-order valence-corrected chi connectivity index (χ3v) is 3.10. The molecule has 4 nitrogen and oxygen atoms in total. The summed E-state index contributed by atoms with van der Waals surface area (Å²) in [5.41, 5.74) is 3.26. The summed E-state index contributed by atoms with van der Waals surface area (Å²) in [6.45, 7) is 4.14. The number of hydrogen-bond acceptors (Lipinski definition) is 3. The van der Waals surface area contributed by atoms with E-state index in [0.717, 1.165) is 16.0 Å². The maximum absolute atomic E-state index is 4.34. The van der Waals surface area contributed by atoms with Crippen LogP contribution in [0, 0.1) is 6.92 Å². The Labute approximate surface area is 109 Å². The second-order valence-electron chi connectivity index (χ2n) is 4.08. The largest absolute Gasteiger partial charge is 0.377 e. The van der Waals surface area contributed by atoms with Gasteiger partial charge in [-0.25, -0.2) is 4.98 Å². The molecule has 17 heavy (non-hydrogen) atoms. The molecule has 1 N–H and O–H groups in total. The van der Waals surface area contributed by atoms with E-state index in [1.807, 2.05) is 43.2 Å². The third kappa shape index (κ3) is 2.85. The van der Waals surface area contributed by atoms with Gasteiger partial charge in [0.25, 0.3) is 0 Å². The fourth-order valence-electron chi connectivity index (χ4n) is 1.83. The van der Waals surface area contributed by atoms with E-state index in [1.54, 1.807) is 0 Å². The van der Waals surface area contributed by atoms with Crippen molar-refractivity contribution < 1.29 is 0 Å². The molecule has 0 bridgehead atoms. The van der Waals surface area contributed by atoms with E-state index in [-0.39, 0.29) is 6.04 Å². The van der Waals surface area contributed by atoms with Gasteiger partial charge in [-0.2, -0.15) is 5.10 Å². The summed E-state index contributed by atoms with van der Waals surface area (Å²) >= 11 is 3.32. The smallest absolute Gasteiger partial charge is 0.106 e. The first-order chi connectivity index (χ1) is 8.06. The number of halogens is 1. The Hall–Kier alpha value is -1.36. The van der Waals surface area contributed by atoms with Crippen LogP contribution in [0.15, 0.2) is 29.1 Å². The molecule has 1 unspecified atom stereocenters. The van der Waals surface area contributed by atoms with Gasteiger partial charge in [0.2, 0.25) is 0 Å². The molecular weight excluding hydrogens is 280 g/mol. The van der Waals surface area contributed by atoms with Crippen LogP contribution in [-0.4, -0.2) is 14.8 Å². The van der Waals surface area contributed by atoms with Crippen LogP contribution in [0.5, 0.6) is 0 Å². The van der Waals surface area contributed by atoms with E-state index in [0.29, 0.717) is 0 Å². The molecule has 0 saturated heterocycles. The van der Waals surface area contributed by atoms with Crippen LogP contribution in [0.1, 0.15) is 24.2 Å². The predicted octanol–water partition coefficient (Wildman–Crippen LogP) is 3.06.